The van der Waals surface area contributed by atoms with Crippen molar-refractivity contribution in [2.24, 2.45) is 0 Å². The highest BCUT2D eigenvalue weighted by Gasteiger charge is 2.40. The van der Waals surface area contributed by atoms with E-state index in [9.17, 15) is 28.0 Å². The molecule has 3 N–H and O–H groups in total. The third kappa shape index (κ3) is 25.1. The standard InChI is InChI=1S/C62H93N3O20S/c1-61(2,3)53-47-50(12-11-13-57-62(4,5)54-48-51(86(69,70)71)16-18-55(54)64(57)21-10-8-9-14-60(68)85-65-58(66)19-20-59(65)67)84-56-46-49(15-17-52(53)56)63(22-24-74-30-32-78-38-40-82-44-42-80-36-34-76-28-26-72-6)23-25-75-31-33-79-39-41-83-45-43-81-37-35-77-29-27-73-7/h11-13,15-20,46-48H,8-10,14,21-45H2,1-7H3,(H2-,66,67,69,70,71)/p+1. The smallest absolute Gasteiger partial charge is 0.333 e. The number of aromatic nitrogens is 1. The number of anilines is 1. The van der Waals surface area contributed by atoms with E-state index in [1.807, 2.05) is 32.1 Å². The number of benzene rings is 2. The van der Waals surface area contributed by atoms with Crippen LogP contribution in [-0.4, -0.2) is 213 Å². The van der Waals surface area contributed by atoms with Crippen LogP contribution < -0.4 is 19.7 Å². The van der Waals surface area contributed by atoms with Crippen LogP contribution in [0.1, 0.15) is 77.2 Å². The molecule has 0 saturated heterocycles. The molecule has 86 heavy (non-hydrogen) atoms. The molecule has 0 saturated carbocycles. The van der Waals surface area contributed by atoms with E-state index in [0.717, 1.165) is 33.4 Å². The van der Waals surface area contributed by atoms with Gasteiger partial charge in [-0.3, -0.25) is 4.55 Å². The van der Waals surface area contributed by atoms with Crippen LogP contribution in [0.4, 0.5) is 5.69 Å². The van der Waals surface area contributed by atoms with Crippen LogP contribution in [0.3, 0.4) is 0 Å². The average Bonchev–Trinajstić information content (AvgIpc) is 1.87. The zero-order valence-corrected chi connectivity index (χ0v) is 52.3. The van der Waals surface area contributed by atoms with Crippen molar-refractivity contribution in [1.82, 2.24) is 9.31 Å². The van der Waals surface area contributed by atoms with Crippen LogP contribution in [0.15, 0.2) is 81.8 Å². The van der Waals surface area contributed by atoms with E-state index in [1.54, 1.807) is 20.3 Å². The van der Waals surface area contributed by atoms with Gasteiger partial charge in [0.15, 0.2) is 13.1 Å². The number of carbonyl (C=O) groups is 1. The first-order valence-corrected chi connectivity index (χ1v) is 30.9. The molecular weight excluding hydrogens is 1140 g/mol. The fourth-order valence-corrected chi connectivity index (χ4v) is 9.72. The fraction of sp³-hybridized carbons (Fsp3) is 0.613. The lowest BCUT2D eigenvalue weighted by molar-refractivity contribution is -0.145. The Balaban J connectivity index is 1.26. The normalized spacial score (nSPS) is 13.9. The van der Waals surface area contributed by atoms with Gasteiger partial charge in [-0.2, -0.15) is 8.42 Å². The molecule has 0 atom stereocenters. The van der Waals surface area contributed by atoms with Gasteiger partial charge in [-0.05, 0) is 71.9 Å². The maximum absolute atomic E-state index is 12.5. The summed E-state index contributed by atoms with van der Waals surface area (Å²) in [6.45, 7) is 22.5. The molecule has 1 aliphatic carbocycles. The van der Waals surface area contributed by atoms with E-state index >= 15 is 0 Å². The molecular formula is C62H94N3O20S+. The van der Waals surface area contributed by atoms with Gasteiger partial charge < -0.3 is 81.2 Å². The van der Waals surface area contributed by atoms with Gasteiger partial charge in [-0.1, -0.05) is 47.1 Å². The van der Waals surface area contributed by atoms with Crippen LogP contribution in [0.2, 0.25) is 0 Å². The van der Waals surface area contributed by atoms with Crippen molar-refractivity contribution >= 4 is 27.9 Å². The Morgan fingerprint density at radius 3 is 1.56 bits per heavy atom. The summed E-state index contributed by atoms with van der Waals surface area (Å²) in [4.78, 5) is 19.6. The number of unbranched alkanes of at least 4 members (excludes halogenated alkanes) is 2. The summed E-state index contributed by atoms with van der Waals surface area (Å²) in [6.07, 6.45) is 7.66. The van der Waals surface area contributed by atoms with Crippen molar-refractivity contribution in [2.75, 3.05) is 184 Å². The molecule has 0 spiro atoms. The Bertz CT molecular complexity index is 2750. The lowest BCUT2D eigenvalue weighted by Gasteiger charge is -2.27. The van der Waals surface area contributed by atoms with Crippen LogP contribution >= 0.6 is 0 Å². The van der Waals surface area contributed by atoms with Crippen LogP contribution in [0.25, 0.3) is 17.4 Å². The number of nitrogens with zero attached hydrogens (tertiary/aromatic N) is 3. The number of methoxy groups -OCH3 is 2. The lowest BCUT2D eigenvalue weighted by atomic mass is 9.82. The number of aromatic hydroxyl groups is 2. The number of rotatable bonds is 46. The predicted molar refractivity (Wildman–Crippen MR) is 323 cm³/mol. The average molecular weight is 1230 g/mol. The number of fused-ring (bicyclic) bond motifs is 2. The summed E-state index contributed by atoms with van der Waals surface area (Å²) >= 11 is 0. The number of allylic oxidation sites excluding steroid dienone is 3. The molecule has 24 heteroatoms. The number of ether oxygens (including phenoxy) is 12. The Morgan fingerprint density at radius 1 is 0.616 bits per heavy atom. The van der Waals surface area contributed by atoms with Gasteiger partial charge in [0.2, 0.25) is 17.1 Å². The maximum Gasteiger partial charge on any atom is 0.333 e. The summed E-state index contributed by atoms with van der Waals surface area (Å²) in [5.74, 6) is -0.0938. The van der Waals surface area contributed by atoms with Crippen LogP contribution in [0, 0.1) is 0 Å². The Morgan fingerprint density at radius 2 is 1.09 bits per heavy atom. The van der Waals surface area contributed by atoms with Gasteiger partial charge in [-0.25, -0.2) is 9.37 Å². The van der Waals surface area contributed by atoms with Crippen molar-refractivity contribution in [1.29, 1.82) is 0 Å². The third-order valence-corrected chi connectivity index (χ3v) is 14.6. The topological polar surface area (TPSA) is 256 Å². The molecule has 23 nitrogen and oxygen atoms in total. The zero-order chi connectivity index (χ0) is 62.1. The van der Waals surface area contributed by atoms with Gasteiger partial charge in [0, 0.05) is 67.7 Å². The lowest BCUT2D eigenvalue weighted by Crippen LogP contribution is -2.36. The van der Waals surface area contributed by atoms with Crippen molar-refractivity contribution in [2.45, 2.75) is 76.0 Å². The minimum Gasteiger partial charge on any atom is -0.492 e. The molecule has 5 rings (SSSR count). The van der Waals surface area contributed by atoms with E-state index < -0.39 is 33.3 Å². The molecule has 0 amide bonds. The highest BCUT2D eigenvalue weighted by molar-refractivity contribution is 7.85. The molecule has 3 aliphatic rings. The Hall–Kier alpha value is -5.29. The van der Waals surface area contributed by atoms with Gasteiger partial charge in [0.05, 0.1) is 143 Å². The Labute approximate surface area is 507 Å². The largest absolute Gasteiger partial charge is 0.492 e. The molecule has 3 heterocycles. The van der Waals surface area contributed by atoms with E-state index in [1.165, 1.54) is 24.3 Å². The molecule has 2 aromatic rings. The van der Waals surface area contributed by atoms with Crippen LogP contribution in [-0.2, 0) is 82.6 Å². The van der Waals surface area contributed by atoms with Gasteiger partial charge in [-0.15, -0.1) is 4.73 Å². The second kappa shape index (κ2) is 38.9. The molecule has 2 aliphatic heterocycles. The summed E-state index contributed by atoms with van der Waals surface area (Å²) < 4.78 is 111. The van der Waals surface area contributed by atoms with E-state index in [2.05, 4.69) is 54.5 Å². The molecule has 1 aromatic carbocycles. The van der Waals surface area contributed by atoms with Gasteiger partial charge >= 0.3 is 5.97 Å². The van der Waals surface area contributed by atoms with Crippen molar-refractivity contribution in [3.63, 3.8) is 0 Å². The van der Waals surface area contributed by atoms with Gasteiger partial charge in [0.25, 0.3) is 10.1 Å². The summed E-state index contributed by atoms with van der Waals surface area (Å²) in [7, 11) is -1.21. The first kappa shape index (κ1) is 71.5. The quantitative estimate of drug-likeness (QED) is 0.0250. The molecule has 482 valence electrons. The van der Waals surface area contributed by atoms with Crippen molar-refractivity contribution in [3.8, 4) is 23.1 Å². The highest BCUT2D eigenvalue weighted by Crippen LogP contribution is 2.48. The summed E-state index contributed by atoms with van der Waals surface area (Å²) in [5, 5.41) is 20.7. The Kier molecular flexibility index (Phi) is 32.3. The predicted octanol–water partition coefficient (Wildman–Crippen LogP) is 6.28. The van der Waals surface area contributed by atoms with Crippen LogP contribution in [0.5, 0.6) is 11.8 Å². The zero-order valence-electron chi connectivity index (χ0n) is 51.5. The first-order valence-electron chi connectivity index (χ1n) is 29.5. The second-order valence-corrected chi connectivity index (χ2v) is 23.0. The number of hydrogen-bond acceptors (Lipinski definition) is 20. The molecule has 0 fully saturated rings. The minimum atomic E-state index is -4.48. The fourth-order valence-electron chi connectivity index (χ4n) is 9.21. The summed E-state index contributed by atoms with van der Waals surface area (Å²) in [6, 6.07) is 15.4. The molecule has 0 bridgehead atoms. The molecule has 1 aromatic heterocycles. The monoisotopic (exact) mass is 1230 g/mol. The minimum absolute atomic E-state index is 0.0516. The summed E-state index contributed by atoms with van der Waals surface area (Å²) in [5.41, 5.74) is 3.53. The SMILES string of the molecule is COCCOCCOCCOCCOCCOCC[N+](CCOCCOCCOCCOCCOCCOC)=c1ccc2c(C(C)(C)C)cc(C=CC=C3N(CCCCCC(=O)On4c(O)ccc4O)c4ccc(S(=O)(=O)O)cc4C3(C)C)oc-2c1. The molecule has 0 radical (unpaired) electrons. The first-order chi connectivity index (χ1) is 41.4. The highest BCUT2D eigenvalue weighted by atomic mass is 32.2. The third-order valence-electron chi connectivity index (χ3n) is 13.7. The van der Waals surface area contributed by atoms with Crippen molar-refractivity contribution in [3.05, 3.63) is 94.7 Å². The number of hydrogen-bond donors (Lipinski definition) is 3. The van der Waals surface area contributed by atoms with E-state index in [-0.39, 0.29) is 16.7 Å². The van der Waals surface area contributed by atoms with Gasteiger partial charge in [0.1, 0.15) is 24.7 Å². The number of carbonyl (C=O) groups excluding carboxylic acids is 1. The van der Waals surface area contributed by atoms with Crippen molar-refractivity contribution < 1.29 is 94.1 Å². The second-order valence-electron chi connectivity index (χ2n) is 21.5. The molecule has 0 unspecified atom stereocenters. The maximum atomic E-state index is 12.5. The van der Waals surface area contributed by atoms with E-state index in [4.69, 9.17) is 66.1 Å². The van der Waals surface area contributed by atoms with E-state index in [0.29, 0.717) is 200 Å².